The number of hydrogen-bond acceptors (Lipinski definition) is 4. The van der Waals surface area contributed by atoms with Gasteiger partial charge in [0.05, 0.1) is 13.2 Å². The van der Waals surface area contributed by atoms with Crippen molar-refractivity contribution in [3.05, 3.63) is 29.8 Å². The molecule has 0 radical (unpaired) electrons. The minimum Gasteiger partial charge on any atom is -0.496 e. The van der Waals surface area contributed by atoms with Gasteiger partial charge in [-0.2, -0.15) is 0 Å². The molecule has 4 amide bonds. The van der Waals surface area contributed by atoms with Crippen LogP contribution in [0.25, 0.3) is 0 Å². The standard InChI is InChI=1S/C18H25N3O4/c1-12(13-8-5-6-9-14(13)25-4)19-15(22)10-7-11-21-16(23)18(2,3)20-17(21)24/h5-6,8-9,12H,7,10-11H2,1-4H3,(H,19,22)(H,20,24). The predicted octanol–water partition coefficient (Wildman–Crippen LogP) is 1.98. The van der Waals surface area contributed by atoms with Crippen LogP contribution in [0.4, 0.5) is 4.79 Å². The molecule has 2 rings (SSSR count). The molecule has 1 atom stereocenters. The lowest BCUT2D eigenvalue weighted by atomic mass is 10.1. The molecule has 1 aromatic carbocycles. The van der Waals surface area contributed by atoms with E-state index in [4.69, 9.17) is 4.74 Å². The maximum atomic E-state index is 12.1. The number of benzene rings is 1. The lowest BCUT2D eigenvalue weighted by Gasteiger charge is -2.18. The first-order chi connectivity index (χ1) is 11.8. The van der Waals surface area contributed by atoms with Crippen LogP contribution in [-0.4, -0.2) is 41.9 Å². The number of rotatable bonds is 7. The first-order valence-corrected chi connectivity index (χ1v) is 8.32. The first-order valence-electron chi connectivity index (χ1n) is 8.32. The molecule has 7 nitrogen and oxygen atoms in total. The predicted molar refractivity (Wildman–Crippen MR) is 93.1 cm³/mol. The Balaban J connectivity index is 1.83. The number of para-hydroxylation sites is 1. The molecule has 1 saturated heterocycles. The van der Waals surface area contributed by atoms with E-state index < -0.39 is 11.6 Å². The van der Waals surface area contributed by atoms with E-state index in [-0.39, 0.29) is 30.8 Å². The molecule has 0 bridgehead atoms. The Labute approximate surface area is 147 Å². The van der Waals surface area contributed by atoms with Crippen LogP contribution in [-0.2, 0) is 9.59 Å². The summed E-state index contributed by atoms with van der Waals surface area (Å²) in [7, 11) is 1.59. The van der Waals surface area contributed by atoms with E-state index in [2.05, 4.69) is 10.6 Å². The van der Waals surface area contributed by atoms with Gasteiger partial charge in [0, 0.05) is 18.5 Å². The number of amides is 4. The summed E-state index contributed by atoms with van der Waals surface area (Å²) in [6.07, 6.45) is 0.649. The number of imide groups is 1. The molecule has 0 saturated carbocycles. The number of nitrogens with one attached hydrogen (secondary N) is 2. The van der Waals surface area contributed by atoms with Crippen LogP contribution in [0.3, 0.4) is 0 Å². The first kappa shape index (κ1) is 18.8. The molecule has 0 aliphatic carbocycles. The maximum absolute atomic E-state index is 12.1. The average molecular weight is 347 g/mol. The molecule has 7 heteroatoms. The van der Waals surface area contributed by atoms with Gasteiger partial charge in [-0.05, 0) is 33.3 Å². The summed E-state index contributed by atoms with van der Waals surface area (Å²) < 4.78 is 5.30. The number of carbonyl (C=O) groups is 3. The molecule has 0 spiro atoms. The molecule has 1 aliphatic rings. The van der Waals surface area contributed by atoms with Gasteiger partial charge in [-0.1, -0.05) is 18.2 Å². The largest absolute Gasteiger partial charge is 0.496 e. The topological polar surface area (TPSA) is 87.7 Å². The van der Waals surface area contributed by atoms with Gasteiger partial charge in [0.25, 0.3) is 5.91 Å². The zero-order chi connectivity index (χ0) is 18.6. The second-order valence-corrected chi connectivity index (χ2v) is 6.65. The molecule has 136 valence electrons. The van der Waals surface area contributed by atoms with Gasteiger partial charge in [0.15, 0.2) is 0 Å². The fourth-order valence-corrected chi connectivity index (χ4v) is 2.83. The van der Waals surface area contributed by atoms with Crippen molar-refractivity contribution in [3.63, 3.8) is 0 Å². The molecule has 1 aliphatic heterocycles. The number of carbonyl (C=O) groups excluding carboxylic acids is 3. The van der Waals surface area contributed by atoms with Crippen LogP contribution < -0.4 is 15.4 Å². The summed E-state index contributed by atoms with van der Waals surface area (Å²) in [6, 6.07) is 6.91. The van der Waals surface area contributed by atoms with E-state index >= 15 is 0 Å². The van der Waals surface area contributed by atoms with Crippen LogP contribution in [0.2, 0.25) is 0 Å². The van der Waals surface area contributed by atoms with Gasteiger partial charge < -0.3 is 15.4 Å². The second kappa shape index (κ2) is 7.55. The van der Waals surface area contributed by atoms with Crippen LogP contribution in [0, 0.1) is 0 Å². The van der Waals surface area contributed by atoms with Gasteiger partial charge in [0.1, 0.15) is 11.3 Å². The molecule has 2 N–H and O–H groups in total. The Hall–Kier alpha value is -2.57. The number of ether oxygens (including phenoxy) is 1. The Kier molecular flexibility index (Phi) is 5.66. The van der Waals surface area contributed by atoms with Crippen LogP contribution in [0.15, 0.2) is 24.3 Å². The number of methoxy groups -OCH3 is 1. The highest BCUT2D eigenvalue weighted by atomic mass is 16.5. The summed E-state index contributed by atoms with van der Waals surface area (Å²) in [5.41, 5.74) is 0.0201. The summed E-state index contributed by atoms with van der Waals surface area (Å²) in [5, 5.41) is 5.53. The van der Waals surface area contributed by atoms with Crippen molar-refractivity contribution in [2.45, 2.75) is 45.2 Å². The van der Waals surface area contributed by atoms with Crippen LogP contribution >= 0.6 is 0 Å². The third-order valence-electron chi connectivity index (χ3n) is 4.21. The van der Waals surface area contributed by atoms with E-state index in [1.807, 2.05) is 31.2 Å². The van der Waals surface area contributed by atoms with Crippen molar-refractivity contribution in [1.29, 1.82) is 0 Å². The van der Waals surface area contributed by atoms with E-state index in [9.17, 15) is 14.4 Å². The lowest BCUT2D eigenvalue weighted by Crippen LogP contribution is -2.40. The van der Waals surface area contributed by atoms with Crippen molar-refractivity contribution in [3.8, 4) is 5.75 Å². The van der Waals surface area contributed by atoms with Crippen molar-refractivity contribution in [2.24, 2.45) is 0 Å². The van der Waals surface area contributed by atoms with Gasteiger partial charge >= 0.3 is 6.03 Å². The van der Waals surface area contributed by atoms with Crippen molar-refractivity contribution in [1.82, 2.24) is 15.5 Å². The van der Waals surface area contributed by atoms with Crippen molar-refractivity contribution in [2.75, 3.05) is 13.7 Å². The summed E-state index contributed by atoms with van der Waals surface area (Å²) >= 11 is 0. The van der Waals surface area contributed by atoms with E-state index in [0.717, 1.165) is 16.2 Å². The van der Waals surface area contributed by atoms with Crippen molar-refractivity contribution >= 4 is 17.8 Å². The molecule has 1 heterocycles. The molecular formula is C18H25N3O4. The lowest BCUT2D eigenvalue weighted by molar-refractivity contribution is -0.130. The summed E-state index contributed by atoms with van der Waals surface area (Å²) in [4.78, 5) is 37.2. The van der Waals surface area contributed by atoms with Crippen LogP contribution in [0.5, 0.6) is 5.75 Å². The average Bonchev–Trinajstić information content (AvgIpc) is 2.76. The molecule has 1 fully saturated rings. The molecule has 1 unspecified atom stereocenters. The van der Waals surface area contributed by atoms with Crippen LogP contribution in [0.1, 0.15) is 45.2 Å². The highest BCUT2D eigenvalue weighted by Crippen LogP contribution is 2.24. The molecule has 25 heavy (non-hydrogen) atoms. The fraction of sp³-hybridized carbons (Fsp3) is 0.500. The van der Waals surface area contributed by atoms with Crippen molar-refractivity contribution < 1.29 is 19.1 Å². The second-order valence-electron chi connectivity index (χ2n) is 6.65. The Morgan fingerprint density at radius 1 is 1.32 bits per heavy atom. The third kappa shape index (κ3) is 4.29. The number of hydrogen-bond donors (Lipinski definition) is 2. The van der Waals surface area contributed by atoms with E-state index in [1.165, 1.54) is 0 Å². The van der Waals surface area contributed by atoms with E-state index in [1.54, 1.807) is 21.0 Å². The van der Waals surface area contributed by atoms with Gasteiger partial charge in [-0.3, -0.25) is 14.5 Å². The Bertz CT molecular complexity index is 672. The van der Waals surface area contributed by atoms with Gasteiger partial charge in [0.2, 0.25) is 5.91 Å². The van der Waals surface area contributed by atoms with E-state index in [0.29, 0.717) is 6.42 Å². The maximum Gasteiger partial charge on any atom is 0.325 e. The highest BCUT2D eigenvalue weighted by molar-refractivity contribution is 6.06. The minimum absolute atomic E-state index is 0.135. The molecule has 1 aromatic rings. The number of urea groups is 1. The fourth-order valence-electron chi connectivity index (χ4n) is 2.83. The molecule has 0 aromatic heterocycles. The zero-order valence-corrected chi connectivity index (χ0v) is 15.1. The Morgan fingerprint density at radius 2 is 2.00 bits per heavy atom. The normalized spacial score (nSPS) is 17.2. The molecular weight excluding hydrogens is 322 g/mol. The number of nitrogens with zero attached hydrogens (tertiary/aromatic N) is 1. The third-order valence-corrected chi connectivity index (χ3v) is 4.21. The minimum atomic E-state index is -0.877. The smallest absolute Gasteiger partial charge is 0.325 e. The summed E-state index contributed by atoms with van der Waals surface area (Å²) in [6.45, 7) is 5.43. The quantitative estimate of drug-likeness (QED) is 0.738. The Morgan fingerprint density at radius 3 is 2.60 bits per heavy atom. The van der Waals surface area contributed by atoms with Gasteiger partial charge in [-0.15, -0.1) is 0 Å². The zero-order valence-electron chi connectivity index (χ0n) is 15.1. The summed E-state index contributed by atoms with van der Waals surface area (Å²) in [5.74, 6) is 0.321. The monoisotopic (exact) mass is 347 g/mol. The SMILES string of the molecule is COc1ccccc1C(C)NC(=O)CCCN1C(=O)NC(C)(C)C1=O. The van der Waals surface area contributed by atoms with Gasteiger partial charge in [-0.25, -0.2) is 4.79 Å². The highest BCUT2D eigenvalue weighted by Gasteiger charge is 2.43.